The van der Waals surface area contributed by atoms with Crippen LogP contribution in [0.3, 0.4) is 0 Å². The summed E-state index contributed by atoms with van der Waals surface area (Å²) in [5, 5.41) is 20.6. The molecular formula is C29H44O3. The zero-order chi connectivity index (χ0) is 23.1. The van der Waals surface area contributed by atoms with Gasteiger partial charge in [0.05, 0.1) is 18.3 Å². The van der Waals surface area contributed by atoms with Gasteiger partial charge in [0.2, 0.25) is 0 Å². The van der Waals surface area contributed by atoms with E-state index in [4.69, 9.17) is 4.74 Å². The standard InChI is InChI=1S/C29H44O3/c1-19(8-6-15-28(3,4)31)24-12-13-25-21(9-7-16-29(24,25)5)10-11-22-18-26(30)23-14-17-32-27(23)20(22)2/h10-11,14,19,24-27,30-31H,2,6-9,12-13,15-18H2,1,3-5H3/b21-10+,22-11-/t19-,24-,25+,26-,27-,29-/m1/s1. The number of fused-ring (bicyclic) bond motifs is 2. The first kappa shape index (κ1) is 24.0. The molecule has 0 bridgehead atoms. The van der Waals surface area contributed by atoms with Crippen LogP contribution in [0.1, 0.15) is 85.5 Å². The highest BCUT2D eigenvalue weighted by molar-refractivity contribution is 5.47. The van der Waals surface area contributed by atoms with Crippen LogP contribution in [0.4, 0.5) is 0 Å². The molecule has 1 aliphatic heterocycles. The van der Waals surface area contributed by atoms with Crippen molar-refractivity contribution in [2.75, 3.05) is 6.61 Å². The Kier molecular flexibility index (Phi) is 6.92. The zero-order valence-corrected chi connectivity index (χ0v) is 20.7. The number of hydrogen-bond acceptors (Lipinski definition) is 3. The molecule has 178 valence electrons. The summed E-state index contributed by atoms with van der Waals surface area (Å²) in [6, 6.07) is 0. The Balaban J connectivity index is 1.46. The molecular weight excluding hydrogens is 396 g/mol. The number of allylic oxidation sites excluding steroid dienone is 3. The van der Waals surface area contributed by atoms with E-state index >= 15 is 0 Å². The lowest BCUT2D eigenvalue weighted by atomic mass is 9.60. The zero-order valence-electron chi connectivity index (χ0n) is 20.7. The van der Waals surface area contributed by atoms with E-state index in [0.29, 0.717) is 30.3 Å². The van der Waals surface area contributed by atoms with Gasteiger partial charge in [-0.1, -0.05) is 57.1 Å². The SMILES string of the molecule is C=C1/C(=C\C=C2/CCC[C@]3(C)[C@@H]([C@H](C)CCCC(C)(C)O)CC[C@@H]23)C[C@@H](O)C2=CCO[C@H]12. The molecule has 2 N–H and O–H groups in total. The van der Waals surface area contributed by atoms with Crippen LogP contribution in [0.25, 0.3) is 0 Å². The maximum atomic E-state index is 10.5. The van der Waals surface area contributed by atoms with Gasteiger partial charge in [-0.15, -0.1) is 0 Å². The van der Waals surface area contributed by atoms with Gasteiger partial charge in [0.25, 0.3) is 0 Å². The van der Waals surface area contributed by atoms with E-state index in [1.807, 2.05) is 19.9 Å². The fourth-order valence-electron chi connectivity index (χ4n) is 7.34. The average Bonchev–Trinajstić information content (AvgIpc) is 3.33. The minimum atomic E-state index is -0.549. The van der Waals surface area contributed by atoms with Gasteiger partial charge in [-0.05, 0) is 92.3 Å². The van der Waals surface area contributed by atoms with Crippen LogP contribution in [-0.4, -0.2) is 34.6 Å². The molecule has 6 atom stereocenters. The first-order valence-electron chi connectivity index (χ1n) is 12.9. The van der Waals surface area contributed by atoms with Crippen molar-refractivity contribution >= 4 is 0 Å². The van der Waals surface area contributed by atoms with Crippen molar-refractivity contribution in [3.05, 3.63) is 47.1 Å². The molecule has 1 heterocycles. The van der Waals surface area contributed by atoms with Crippen LogP contribution in [-0.2, 0) is 4.74 Å². The molecule has 3 heteroatoms. The second-order valence-electron chi connectivity index (χ2n) is 11.9. The fourth-order valence-corrected chi connectivity index (χ4v) is 7.34. The van der Waals surface area contributed by atoms with Crippen LogP contribution in [0, 0.1) is 23.2 Å². The van der Waals surface area contributed by atoms with E-state index in [9.17, 15) is 10.2 Å². The largest absolute Gasteiger partial charge is 0.390 e. The lowest BCUT2D eigenvalue weighted by molar-refractivity contribution is 0.0596. The van der Waals surface area contributed by atoms with E-state index in [-0.39, 0.29) is 6.10 Å². The van der Waals surface area contributed by atoms with Gasteiger partial charge in [-0.25, -0.2) is 0 Å². The highest BCUT2D eigenvalue weighted by Crippen LogP contribution is 2.60. The Labute approximate surface area is 195 Å². The van der Waals surface area contributed by atoms with Gasteiger partial charge >= 0.3 is 0 Å². The summed E-state index contributed by atoms with van der Waals surface area (Å²) in [6.07, 6.45) is 16.4. The first-order chi connectivity index (χ1) is 15.1. The third kappa shape index (κ3) is 4.72. The topological polar surface area (TPSA) is 49.7 Å². The minimum absolute atomic E-state index is 0.124. The van der Waals surface area contributed by atoms with Crippen LogP contribution >= 0.6 is 0 Å². The summed E-state index contributed by atoms with van der Waals surface area (Å²) in [7, 11) is 0. The van der Waals surface area contributed by atoms with Crippen molar-refractivity contribution in [3.63, 3.8) is 0 Å². The van der Waals surface area contributed by atoms with Crippen LogP contribution in [0.5, 0.6) is 0 Å². The van der Waals surface area contributed by atoms with Crippen molar-refractivity contribution in [3.8, 4) is 0 Å². The Morgan fingerprint density at radius 3 is 2.84 bits per heavy atom. The van der Waals surface area contributed by atoms with E-state index in [1.165, 1.54) is 38.5 Å². The Hall–Kier alpha value is -1.16. The number of aliphatic hydroxyl groups excluding tert-OH is 1. The molecule has 3 saturated carbocycles. The van der Waals surface area contributed by atoms with E-state index in [2.05, 4.69) is 32.6 Å². The second-order valence-corrected chi connectivity index (χ2v) is 11.9. The Morgan fingerprint density at radius 2 is 2.09 bits per heavy atom. The molecule has 0 aromatic heterocycles. The van der Waals surface area contributed by atoms with E-state index in [0.717, 1.165) is 35.5 Å². The maximum Gasteiger partial charge on any atom is 0.106 e. The lowest BCUT2D eigenvalue weighted by Gasteiger charge is -2.44. The van der Waals surface area contributed by atoms with Gasteiger partial charge in [0.1, 0.15) is 6.10 Å². The molecule has 0 unspecified atom stereocenters. The van der Waals surface area contributed by atoms with Gasteiger partial charge in [-0.2, -0.15) is 0 Å². The summed E-state index contributed by atoms with van der Waals surface area (Å²) in [5.74, 6) is 2.16. The molecule has 3 aliphatic carbocycles. The third-order valence-electron chi connectivity index (χ3n) is 9.08. The first-order valence-corrected chi connectivity index (χ1v) is 12.9. The number of ether oxygens (including phenoxy) is 1. The minimum Gasteiger partial charge on any atom is -0.390 e. The number of hydrogen-bond donors (Lipinski definition) is 2. The summed E-state index contributed by atoms with van der Waals surface area (Å²) in [6.45, 7) is 13.7. The molecule has 3 fully saturated rings. The van der Waals surface area contributed by atoms with Crippen LogP contribution < -0.4 is 0 Å². The Morgan fingerprint density at radius 1 is 1.31 bits per heavy atom. The molecule has 0 saturated heterocycles. The molecule has 4 aliphatic rings. The van der Waals surface area contributed by atoms with Crippen LogP contribution in [0.2, 0.25) is 0 Å². The molecule has 0 amide bonds. The second kappa shape index (κ2) is 9.24. The highest BCUT2D eigenvalue weighted by Gasteiger charge is 2.50. The third-order valence-corrected chi connectivity index (χ3v) is 9.08. The van der Waals surface area contributed by atoms with E-state index < -0.39 is 11.7 Å². The predicted octanol–water partition coefficient (Wildman–Crippen LogP) is 6.28. The molecule has 3 nitrogen and oxygen atoms in total. The summed E-state index contributed by atoms with van der Waals surface area (Å²) in [4.78, 5) is 0. The summed E-state index contributed by atoms with van der Waals surface area (Å²) < 4.78 is 5.81. The van der Waals surface area contributed by atoms with Crippen molar-refractivity contribution in [1.29, 1.82) is 0 Å². The predicted molar refractivity (Wildman–Crippen MR) is 131 cm³/mol. The van der Waals surface area contributed by atoms with Gasteiger partial charge in [0, 0.05) is 6.42 Å². The summed E-state index contributed by atoms with van der Waals surface area (Å²) in [5.41, 5.74) is 4.63. The van der Waals surface area contributed by atoms with E-state index in [1.54, 1.807) is 5.57 Å². The molecule has 32 heavy (non-hydrogen) atoms. The summed E-state index contributed by atoms with van der Waals surface area (Å²) >= 11 is 0. The fraction of sp³-hybridized carbons (Fsp3) is 0.724. The van der Waals surface area contributed by atoms with Crippen molar-refractivity contribution < 1.29 is 14.9 Å². The van der Waals surface area contributed by atoms with Gasteiger partial charge in [-0.3, -0.25) is 0 Å². The highest BCUT2D eigenvalue weighted by atomic mass is 16.5. The van der Waals surface area contributed by atoms with Gasteiger partial charge in [0.15, 0.2) is 0 Å². The molecule has 0 aromatic carbocycles. The quantitative estimate of drug-likeness (QED) is 0.478. The number of aliphatic hydroxyl groups is 2. The molecule has 0 spiro atoms. The molecule has 0 radical (unpaired) electrons. The van der Waals surface area contributed by atoms with Gasteiger partial charge < -0.3 is 14.9 Å². The number of rotatable bonds is 6. The Bertz CT molecular complexity index is 811. The smallest absolute Gasteiger partial charge is 0.106 e. The van der Waals surface area contributed by atoms with Crippen molar-refractivity contribution in [2.24, 2.45) is 23.2 Å². The monoisotopic (exact) mass is 440 g/mol. The van der Waals surface area contributed by atoms with Crippen LogP contribution in [0.15, 0.2) is 47.1 Å². The molecule has 4 rings (SSSR count). The van der Waals surface area contributed by atoms with Crippen molar-refractivity contribution in [2.45, 2.75) is 103 Å². The lowest BCUT2D eigenvalue weighted by Crippen LogP contribution is -2.36. The maximum absolute atomic E-state index is 10.5. The normalized spacial score (nSPS) is 38.7. The average molecular weight is 441 g/mol. The van der Waals surface area contributed by atoms with Crippen molar-refractivity contribution in [1.82, 2.24) is 0 Å². The molecule has 0 aromatic rings.